The maximum absolute atomic E-state index is 12.5. The van der Waals surface area contributed by atoms with Crippen LogP contribution in [-0.4, -0.2) is 40.5 Å². The summed E-state index contributed by atoms with van der Waals surface area (Å²) in [5.74, 6) is -0.916. The van der Waals surface area contributed by atoms with Gasteiger partial charge in [-0.25, -0.2) is 0 Å². The van der Waals surface area contributed by atoms with Crippen LogP contribution in [0.1, 0.15) is 30.5 Å². The first-order valence-electron chi connectivity index (χ1n) is 8.42. The molecule has 1 aromatic rings. The topological polar surface area (TPSA) is 118 Å². The third-order valence-corrected chi connectivity index (χ3v) is 6.97. The normalized spacial score (nSPS) is 15.8. The van der Waals surface area contributed by atoms with E-state index in [-0.39, 0.29) is 16.9 Å². The summed E-state index contributed by atoms with van der Waals surface area (Å²) in [5.41, 5.74) is 14.2. The van der Waals surface area contributed by atoms with Crippen LogP contribution in [0.3, 0.4) is 0 Å². The number of nitrogens with two attached hydrogens (primary N) is 2. The second-order valence-corrected chi connectivity index (χ2v) is 9.43. The van der Waals surface area contributed by atoms with Crippen LogP contribution in [0.25, 0.3) is 0 Å². The minimum absolute atomic E-state index is 0.127. The number of aryl methyl sites for hydroxylation is 2. The number of phenolic OH excluding ortho intramolecular Hbond substituents is 1. The van der Waals surface area contributed by atoms with Crippen molar-refractivity contribution in [3.8, 4) is 5.75 Å². The summed E-state index contributed by atoms with van der Waals surface area (Å²) in [6.45, 7) is 7.62. The van der Waals surface area contributed by atoms with Crippen molar-refractivity contribution in [1.29, 1.82) is 0 Å². The Hall–Kier alpha value is -1.38. The highest BCUT2D eigenvalue weighted by Gasteiger charge is 2.30. The highest BCUT2D eigenvalue weighted by Crippen LogP contribution is 2.30. The highest BCUT2D eigenvalue weighted by atomic mass is 33.1. The zero-order valence-electron chi connectivity index (χ0n) is 15.9. The van der Waals surface area contributed by atoms with Gasteiger partial charge in [0.05, 0.1) is 6.04 Å². The Labute approximate surface area is 163 Å². The van der Waals surface area contributed by atoms with Gasteiger partial charge >= 0.3 is 0 Å². The van der Waals surface area contributed by atoms with Crippen molar-refractivity contribution in [2.75, 3.05) is 6.26 Å². The lowest BCUT2D eigenvalue weighted by Crippen LogP contribution is -2.54. The Morgan fingerprint density at radius 3 is 2.23 bits per heavy atom. The molecule has 2 unspecified atom stereocenters. The SMILES string of the molecule is CSSC(C)C(C)[C@@H](NC(=O)[C@@H](N)Cc1c(C)cc(O)cc1C)C(N)=O. The average Bonchev–Trinajstić information content (AvgIpc) is 2.54. The Bertz CT molecular complexity index is 632. The summed E-state index contributed by atoms with van der Waals surface area (Å²) in [7, 11) is 3.24. The van der Waals surface area contributed by atoms with E-state index in [4.69, 9.17) is 11.5 Å². The second kappa shape index (κ2) is 10.1. The van der Waals surface area contributed by atoms with Gasteiger partial charge in [0.1, 0.15) is 11.8 Å². The number of phenols is 1. The van der Waals surface area contributed by atoms with Crippen molar-refractivity contribution in [2.24, 2.45) is 17.4 Å². The molecule has 0 aromatic heterocycles. The highest BCUT2D eigenvalue weighted by molar-refractivity contribution is 8.76. The van der Waals surface area contributed by atoms with Crippen molar-refractivity contribution in [3.63, 3.8) is 0 Å². The zero-order valence-corrected chi connectivity index (χ0v) is 17.5. The number of amides is 2. The second-order valence-electron chi connectivity index (χ2n) is 6.58. The number of carbonyl (C=O) groups is 2. The lowest BCUT2D eigenvalue weighted by atomic mass is 9.94. The van der Waals surface area contributed by atoms with Gasteiger partial charge in [0.15, 0.2) is 0 Å². The van der Waals surface area contributed by atoms with Crippen LogP contribution < -0.4 is 16.8 Å². The van der Waals surface area contributed by atoms with Crippen LogP contribution >= 0.6 is 21.6 Å². The number of benzene rings is 1. The Balaban J connectivity index is 2.85. The van der Waals surface area contributed by atoms with Crippen molar-refractivity contribution in [2.45, 2.75) is 51.4 Å². The summed E-state index contributed by atoms with van der Waals surface area (Å²) in [6.07, 6.45) is 2.28. The van der Waals surface area contributed by atoms with Gasteiger partial charge in [-0.3, -0.25) is 9.59 Å². The molecule has 2 amide bonds. The molecular formula is C18H29N3O3S2. The lowest BCUT2D eigenvalue weighted by Gasteiger charge is -2.27. The number of rotatable bonds is 9. The van der Waals surface area contributed by atoms with Crippen molar-refractivity contribution >= 4 is 33.4 Å². The quantitative estimate of drug-likeness (QED) is 0.471. The van der Waals surface area contributed by atoms with Crippen molar-refractivity contribution in [1.82, 2.24) is 5.32 Å². The standard InChI is InChI=1S/C18H29N3O3S2/c1-9-6-13(22)7-10(2)14(9)8-15(19)18(24)21-16(17(20)23)11(3)12(4)26-25-5/h6-7,11-12,15-16,22H,8,19H2,1-5H3,(H2,20,23)(H,21,24)/t11?,12?,15-,16+/m0/s1. The molecule has 8 heteroatoms. The lowest BCUT2D eigenvalue weighted by molar-refractivity contribution is -0.129. The Morgan fingerprint density at radius 2 is 1.77 bits per heavy atom. The van der Waals surface area contributed by atoms with Crippen LogP contribution in [0.5, 0.6) is 5.75 Å². The van der Waals surface area contributed by atoms with Crippen LogP contribution in [0, 0.1) is 19.8 Å². The first kappa shape index (κ1) is 22.7. The molecular weight excluding hydrogens is 370 g/mol. The summed E-state index contributed by atoms with van der Waals surface area (Å²) >= 11 is 0. The maximum Gasteiger partial charge on any atom is 0.240 e. The van der Waals surface area contributed by atoms with Crippen molar-refractivity contribution < 1.29 is 14.7 Å². The summed E-state index contributed by atoms with van der Waals surface area (Å²) in [6, 6.07) is 1.70. The molecule has 0 radical (unpaired) electrons. The van der Waals surface area contributed by atoms with E-state index in [1.54, 1.807) is 33.7 Å². The molecule has 0 heterocycles. The molecule has 0 fully saturated rings. The van der Waals surface area contributed by atoms with E-state index in [0.29, 0.717) is 6.42 Å². The fraction of sp³-hybridized carbons (Fsp3) is 0.556. The van der Waals surface area contributed by atoms with Gasteiger partial charge in [0, 0.05) is 5.25 Å². The zero-order chi connectivity index (χ0) is 20.0. The third-order valence-electron chi connectivity index (χ3n) is 4.56. The first-order chi connectivity index (χ1) is 12.1. The molecule has 0 aliphatic heterocycles. The van der Waals surface area contributed by atoms with E-state index in [2.05, 4.69) is 5.32 Å². The molecule has 6 N–H and O–H groups in total. The molecule has 0 saturated carbocycles. The van der Waals surface area contributed by atoms with Gasteiger partial charge in [-0.15, -0.1) is 0 Å². The summed E-state index contributed by atoms with van der Waals surface area (Å²) in [4.78, 5) is 24.4. The van der Waals surface area contributed by atoms with Gasteiger partial charge in [0.2, 0.25) is 11.8 Å². The number of carbonyl (C=O) groups excluding carboxylic acids is 2. The number of nitrogens with one attached hydrogen (secondary N) is 1. The molecule has 0 aliphatic rings. The predicted octanol–water partition coefficient (Wildman–Crippen LogP) is 1.88. The molecule has 4 atom stereocenters. The van der Waals surface area contributed by atoms with Gasteiger partial charge in [-0.1, -0.05) is 35.4 Å². The van der Waals surface area contributed by atoms with E-state index in [0.717, 1.165) is 16.7 Å². The number of hydrogen-bond donors (Lipinski definition) is 4. The van der Waals surface area contributed by atoms with Gasteiger partial charge < -0.3 is 21.9 Å². The van der Waals surface area contributed by atoms with Gasteiger partial charge in [0.25, 0.3) is 0 Å². The Morgan fingerprint density at radius 1 is 1.23 bits per heavy atom. The largest absolute Gasteiger partial charge is 0.508 e. The van der Waals surface area contributed by atoms with Crippen LogP contribution in [0.4, 0.5) is 0 Å². The fourth-order valence-corrected chi connectivity index (χ4v) is 4.91. The van der Waals surface area contributed by atoms with Crippen LogP contribution in [0.2, 0.25) is 0 Å². The number of aromatic hydroxyl groups is 1. The average molecular weight is 400 g/mol. The molecule has 1 aromatic carbocycles. The summed E-state index contributed by atoms with van der Waals surface area (Å²) in [5, 5.41) is 12.5. The van der Waals surface area contributed by atoms with E-state index in [9.17, 15) is 14.7 Å². The molecule has 0 saturated heterocycles. The van der Waals surface area contributed by atoms with Crippen LogP contribution in [-0.2, 0) is 16.0 Å². The summed E-state index contributed by atoms with van der Waals surface area (Å²) < 4.78 is 0. The molecule has 0 spiro atoms. The van der Waals surface area contributed by atoms with E-state index >= 15 is 0 Å². The van der Waals surface area contributed by atoms with Gasteiger partial charge in [-0.05, 0) is 61.3 Å². The first-order valence-corrected chi connectivity index (χ1v) is 11.0. The predicted molar refractivity (Wildman–Crippen MR) is 110 cm³/mol. The third kappa shape index (κ3) is 6.10. The molecule has 0 aliphatic carbocycles. The smallest absolute Gasteiger partial charge is 0.240 e. The molecule has 0 bridgehead atoms. The molecule has 6 nitrogen and oxygen atoms in total. The number of primary amides is 1. The maximum atomic E-state index is 12.5. The van der Waals surface area contributed by atoms with E-state index in [1.165, 1.54) is 0 Å². The van der Waals surface area contributed by atoms with Crippen molar-refractivity contribution in [3.05, 3.63) is 28.8 Å². The monoisotopic (exact) mass is 399 g/mol. The minimum Gasteiger partial charge on any atom is -0.508 e. The van der Waals surface area contributed by atoms with Crippen LogP contribution in [0.15, 0.2) is 12.1 Å². The van der Waals surface area contributed by atoms with E-state index in [1.807, 2.05) is 34.0 Å². The Kier molecular flexibility index (Phi) is 8.79. The number of hydrogen-bond acceptors (Lipinski definition) is 6. The minimum atomic E-state index is -0.811. The molecule has 146 valence electrons. The fourth-order valence-electron chi connectivity index (χ4n) is 2.84. The molecule has 26 heavy (non-hydrogen) atoms. The molecule has 1 rings (SSSR count). The van der Waals surface area contributed by atoms with E-state index < -0.39 is 23.9 Å². The van der Waals surface area contributed by atoms with Gasteiger partial charge in [-0.2, -0.15) is 0 Å².